The van der Waals surface area contributed by atoms with Gasteiger partial charge in [0.25, 0.3) is 11.8 Å². The van der Waals surface area contributed by atoms with Crippen LogP contribution in [0.2, 0.25) is 0 Å². The van der Waals surface area contributed by atoms with Gasteiger partial charge < -0.3 is 15.0 Å². The molecule has 1 unspecified atom stereocenters. The molecule has 5 nitrogen and oxygen atoms in total. The Morgan fingerprint density at radius 2 is 1.73 bits per heavy atom. The number of carbonyl (C=O) groups is 2. The zero-order valence-corrected chi connectivity index (χ0v) is 22.8. The molecule has 3 aromatic rings. The molecular weight excluding hydrogens is 625 g/mol. The normalized spacial score (nSPS) is 14.1. The van der Waals surface area contributed by atoms with Crippen LogP contribution in [0.3, 0.4) is 0 Å². The van der Waals surface area contributed by atoms with E-state index in [9.17, 15) is 35.9 Å². The van der Waals surface area contributed by atoms with Crippen molar-refractivity contribution in [1.82, 2.24) is 0 Å². The van der Waals surface area contributed by atoms with Crippen LogP contribution in [0, 0.1) is 17.6 Å². The Labute approximate surface area is 238 Å². The highest BCUT2D eigenvalue weighted by Gasteiger charge is 2.38. The van der Waals surface area contributed by atoms with Crippen LogP contribution in [0.5, 0.6) is 5.75 Å². The minimum atomic E-state index is -4.69. The first-order valence-electron chi connectivity index (χ1n) is 12.3. The molecule has 2 amide bonds. The second-order valence-electron chi connectivity index (χ2n) is 9.48. The van der Waals surface area contributed by atoms with Crippen molar-refractivity contribution in [2.24, 2.45) is 5.92 Å². The quantitative estimate of drug-likeness (QED) is 0.238. The minimum Gasteiger partial charge on any atom is -0.433 e. The number of alkyl halides is 5. The second-order valence-corrected chi connectivity index (χ2v) is 10.3. The third kappa shape index (κ3) is 7.19. The molecule has 41 heavy (non-hydrogen) atoms. The van der Waals surface area contributed by atoms with Crippen molar-refractivity contribution in [3.8, 4) is 5.75 Å². The number of ether oxygens (including phenoxy) is 1. The Balaban J connectivity index is 1.68. The number of nitrogens with one attached hydrogen (secondary N) is 1. The van der Waals surface area contributed by atoms with Gasteiger partial charge in [-0.25, -0.2) is 8.78 Å². The average molecular weight is 647 g/mol. The van der Waals surface area contributed by atoms with Crippen LogP contribution in [-0.4, -0.2) is 31.1 Å². The number of nitrogens with zero attached hydrogens (tertiary/aromatic N) is 1. The summed E-state index contributed by atoms with van der Waals surface area (Å²) in [4.78, 5) is 27.6. The van der Waals surface area contributed by atoms with Crippen LogP contribution in [0.15, 0.2) is 59.1 Å². The molecule has 0 aromatic heterocycles. The van der Waals surface area contributed by atoms with Gasteiger partial charge in [0.2, 0.25) is 0 Å². The van der Waals surface area contributed by atoms with E-state index in [-0.39, 0.29) is 28.2 Å². The first kappa shape index (κ1) is 30.4. The monoisotopic (exact) mass is 646 g/mol. The Morgan fingerprint density at radius 3 is 2.32 bits per heavy atom. The number of rotatable bonds is 9. The van der Waals surface area contributed by atoms with Crippen LogP contribution in [-0.2, 0) is 0 Å². The van der Waals surface area contributed by atoms with E-state index in [1.54, 1.807) is 0 Å². The van der Waals surface area contributed by atoms with E-state index < -0.39 is 64.7 Å². The van der Waals surface area contributed by atoms with Crippen molar-refractivity contribution in [3.05, 3.63) is 87.4 Å². The maximum atomic E-state index is 15.8. The standard InChI is InChI=1S/C28H22BrF7N2O3/c1-14(28(34,35)36)17-11-20(29)24(22(12-17)41-27(32)33)37-25(39)19-3-2-4-21(23(19)31)38(13-15-5-6-15)26(40)16-7-9-18(30)10-8-16/h2-4,7-12,14-15,27H,5-6,13H2,1H3,(H,37,39). The number of hydrogen-bond acceptors (Lipinski definition) is 3. The van der Waals surface area contributed by atoms with E-state index in [4.69, 9.17) is 0 Å². The predicted octanol–water partition coefficient (Wildman–Crippen LogP) is 8.30. The van der Waals surface area contributed by atoms with Gasteiger partial charge in [-0.1, -0.05) is 6.07 Å². The van der Waals surface area contributed by atoms with E-state index in [1.807, 2.05) is 0 Å². The van der Waals surface area contributed by atoms with Gasteiger partial charge in [0.05, 0.1) is 22.9 Å². The molecule has 13 heteroatoms. The van der Waals surface area contributed by atoms with Gasteiger partial charge >= 0.3 is 12.8 Å². The van der Waals surface area contributed by atoms with Gasteiger partial charge in [-0.2, -0.15) is 22.0 Å². The molecular formula is C28H22BrF7N2O3. The number of benzene rings is 3. The summed E-state index contributed by atoms with van der Waals surface area (Å²) in [6.07, 6.45) is -3.08. The zero-order chi connectivity index (χ0) is 30.1. The lowest BCUT2D eigenvalue weighted by molar-refractivity contribution is -0.146. The second kappa shape index (κ2) is 12.1. The van der Waals surface area contributed by atoms with E-state index in [0.29, 0.717) is 0 Å². The highest BCUT2D eigenvalue weighted by molar-refractivity contribution is 9.10. The van der Waals surface area contributed by atoms with Crippen molar-refractivity contribution < 1.29 is 45.1 Å². The third-order valence-electron chi connectivity index (χ3n) is 6.51. The Kier molecular flexibility index (Phi) is 8.95. The highest BCUT2D eigenvalue weighted by atomic mass is 79.9. The summed E-state index contributed by atoms with van der Waals surface area (Å²) in [6, 6.07) is 10.0. The molecule has 0 aliphatic heterocycles. The molecule has 1 fully saturated rings. The number of halogens is 8. The lowest BCUT2D eigenvalue weighted by Gasteiger charge is -2.24. The lowest BCUT2D eigenvalue weighted by atomic mass is 10.00. The van der Waals surface area contributed by atoms with E-state index in [2.05, 4.69) is 26.0 Å². The molecule has 1 atom stereocenters. The maximum Gasteiger partial charge on any atom is 0.395 e. The molecule has 0 heterocycles. The Hall–Kier alpha value is -3.61. The van der Waals surface area contributed by atoms with Crippen molar-refractivity contribution in [2.45, 2.75) is 38.5 Å². The molecule has 1 N–H and O–H groups in total. The van der Waals surface area contributed by atoms with Gasteiger partial charge in [-0.15, -0.1) is 0 Å². The summed E-state index contributed by atoms with van der Waals surface area (Å²) in [5.74, 6) is -6.15. The molecule has 1 saturated carbocycles. The average Bonchev–Trinajstić information content (AvgIpc) is 3.72. The highest BCUT2D eigenvalue weighted by Crippen LogP contribution is 2.42. The fourth-order valence-corrected chi connectivity index (χ4v) is 4.59. The fraction of sp³-hybridized carbons (Fsp3) is 0.286. The van der Waals surface area contributed by atoms with Gasteiger partial charge in [0.1, 0.15) is 5.82 Å². The minimum absolute atomic E-state index is 0.0900. The maximum absolute atomic E-state index is 15.8. The number of carbonyl (C=O) groups excluding carboxylic acids is 2. The number of anilines is 2. The van der Waals surface area contributed by atoms with Crippen LogP contribution in [0.25, 0.3) is 0 Å². The number of amides is 2. The van der Waals surface area contributed by atoms with Crippen LogP contribution in [0.4, 0.5) is 42.1 Å². The summed E-state index contributed by atoms with van der Waals surface area (Å²) < 4.78 is 99.3. The summed E-state index contributed by atoms with van der Waals surface area (Å²) in [5.41, 5.74) is -1.59. The molecule has 4 rings (SSSR count). The largest absolute Gasteiger partial charge is 0.433 e. The lowest BCUT2D eigenvalue weighted by Crippen LogP contribution is -2.34. The smallest absolute Gasteiger partial charge is 0.395 e. The van der Waals surface area contributed by atoms with E-state index in [0.717, 1.165) is 55.0 Å². The summed E-state index contributed by atoms with van der Waals surface area (Å²) in [6.45, 7) is -2.48. The van der Waals surface area contributed by atoms with Gasteiger partial charge in [-0.05, 0) is 95.7 Å². The first-order chi connectivity index (χ1) is 19.3. The molecule has 218 valence electrons. The van der Waals surface area contributed by atoms with Gasteiger partial charge in [0.15, 0.2) is 11.6 Å². The van der Waals surface area contributed by atoms with E-state index >= 15 is 4.39 Å². The molecule has 0 saturated heterocycles. The van der Waals surface area contributed by atoms with Crippen molar-refractivity contribution >= 4 is 39.1 Å². The topological polar surface area (TPSA) is 58.6 Å². The molecule has 1 aliphatic carbocycles. The summed E-state index contributed by atoms with van der Waals surface area (Å²) >= 11 is 2.98. The SMILES string of the molecule is CC(c1cc(Br)c(NC(=O)c2cccc(N(CC3CC3)C(=O)c3ccc(F)cc3)c2F)c(OC(F)F)c1)C(F)(F)F. The van der Waals surface area contributed by atoms with Gasteiger partial charge in [-0.3, -0.25) is 9.59 Å². The first-order valence-corrected chi connectivity index (χ1v) is 13.1. The van der Waals surface area contributed by atoms with Crippen molar-refractivity contribution in [2.75, 3.05) is 16.8 Å². The van der Waals surface area contributed by atoms with Crippen LogP contribution < -0.4 is 15.0 Å². The Bertz CT molecular complexity index is 1440. The Morgan fingerprint density at radius 1 is 1.07 bits per heavy atom. The van der Waals surface area contributed by atoms with Gasteiger partial charge in [0, 0.05) is 16.6 Å². The number of hydrogen-bond donors (Lipinski definition) is 1. The molecule has 0 spiro atoms. The summed E-state index contributed by atoms with van der Waals surface area (Å²) in [7, 11) is 0. The third-order valence-corrected chi connectivity index (χ3v) is 7.14. The van der Waals surface area contributed by atoms with Crippen molar-refractivity contribution in [1.29, 1.82) is 0 Å². The van der Waals surface area contributed by atoms with Crippen LogP contribution >= 0.6 is 15.9 Å². The molecule has 0 bridgehead atoms. The predicted molar refractivity (Wildman–Crippen MR) is 140 cm³/mol. The fourth-order valence-electron chi connectivity index (χ4n) is 4.03. The molecule has 1 aliphatic rings. The molecule has 0 radical (unpaired) electrons. The molecule has 3 aromatic carbocycles. The van der Waals surface area contributed by atoms with Crippen molar-refractivity contribution in [3.63, 3.8) is 0 Å². The summed E-state index contributed by atoms with van der Waals surface area (Å²) in [5, 5.41) is 2.22. The van der Waals surface area contributed by atoms with Crippen LogP contribution in [0.1, 0.15) is 52.0 Å². The zero-order valence-electron chi connectivity index (χ0n) is 21.2. The van der Waals surface area contributed by atoms with E-state index in [1.165, 1.54) is 24.3 Å².